The van der Waals surface area contributed by atoms with E-state index in [2.05, 4.69) is 26.2 Å². The molecule has 3 aromatic rings. The topological polar surface area (TPSA) is 94.0 Å². The zero-order valence-electron chi connectivity index (χ0n) is 13.0. The van der Waals surface area contributed by atoms with Crippen molar-refractivity contribution in [1.82, 2.24) is 25.5 Å². The van der Waals surface area contributed by atoms with Crippen molar-refractivity contribution in [3.8, 4) is 11.4 Å². The summed E-state index contributed by atoms with van der Waals surface area (Å²) in [6.07, 6.45) is 0. The number of ether oxygens (including phenoxy) is 1. The van der Waals surface area contributed by atoms with E-state index in [1.165, 1.54) is 0 Å². The van der Waals surface area contributed by atoms with Crippen LogP contribution in [0.3, 0.4) is 0 Å². The molecule has 0 atom stereocenters. The third-order valence-corrected chi connectivity index (χ3v) is 3.27. The van der Waals surface area contributed by atoms with E-state index in [0.29, 0.717) is 17.3 Å². The van der Waals surface area contributed by atoms with E-state index in [9.17, 15) is 4.79 Å². The molecule has 8 nitrogen and oxygen atoms in total. The van der Waals surface area contributed by atoms with E-state index in [4.69, 9.17) is 4.74 Å². The van der Waals surface area contributed by atoms with Gasteiger partial charge in [0.25, 0.3) is 0 Å². The molecule has 1 aromatic heterocycles. The van der Waals surface area contributed by atoms with Gasteiger partial charge in [0.2, 0.25) is 0 Å². The Kier molecular flexibility index (Phi) is 4.66. The summed E-state index contributed by atoms with van der Waals surface area (Å²) in [6.45, 7) is 0.192. The number of urea groups is 1. The highest BCUT2D eigenvalue weighted by atomic mass is 16.5. The molecule has 0 aliphatic carbocycles. The smallest absolute Gasteiger partial charge is 0.319 e. The summed E-state index contributed by atoms with van der Waals surface area (Å²) in [5, 5.41) is 17.0. The number of hydrogen-bond donors (Lipinski definition) is 2. The zero-order valence-corrected chi connectivity index (χ0v) is 13.0. The van der Waals surface area contributed by atoms with Crippen LogP contribution in [0.4, 0.5) is 10.5 Å². The summed E-state index contributed by atoms with van der Waals surface area (Å²) in [5.74, 6) is 1.20. The summed E-state index contributed by atoms with van der Waals surface area (Å²) in [7, 11) is 1.57. The van der Waals surface area contributed by atoms with Crippen LogP contribution in [0.25, 0.3) is 5.69 Å². The summed E-state index contributed by atoms with van der Waals surface area (Å²) in [5.41, 5.74) is 1.46. The van der Waals surface area contributed by atoms with Crippen molar-refractivity contribution in [1.29, 1.82) is 0 Å². The maximum Gasteiger partial charge on any atom is 0.319 e. The Morgan fingerprint density at radius 3 is 2.79 bits per heavy atom. The molecule has 122 valence electrons. The minimum atomic E-state index is -0.356. The maximum atomic E-state index is 12.0. The fourth-order valence-corrected chi connectivity index (χ4v) is 2.12. The van der Waals surface area contributed by atoms with Gasteiger partial charge >= 0.3 is 6.03 Å². The highest BCUT2D eigenvalue weighted by Crippen LogP contribution is 2.16. The van der Waals surface area contributed by atoms with Crippen LogP contribution in [0, 0.1) is 0 Å². The summed E-state index contributed by atoms with van der Waals surface area (Å²) >= 11 is 0. The molecule has 0 saturated heterocycles. The van der Waals surface area contributed by atoms with Crippen molar-refractivity contribution in [2.75, 3.05) is 12.4 Å². The molecule has 2 amide bonds. The number of methoxy groups -OCH3 is 1. The van der Waals surface area contributed by atoms with Crippen LogP contribution in [0.2, 0.25) is 0 Å². The van der Waals surface area contributed by atoms with Crippen LogP contribution in [0.5, 0.6) is 5.75 Å². The molecule has 0 radical (unpaired) electrons. The van der Waals surface area contributed by atoms with Gasteiger partial charge in [0.1, 0.15) is 5.75 Å². The first-order valence-electron chi connectivity index (χ1n) is 7.28. The fourth-order valence-electron chi connectivity index (χ4n) is 2.12. The molecular formula is C16H16N6O2. The maximum absolute atomic E-state index is 12.0. The van der Waals surface area contributed by atoms with Gasteiger partial charge in [-0.15, -0.1) is 5.10 Å². The molecule has 8 heteroatoms. The number of benzene rings is 2. The highest BCUT2D eigenvalue weighted by molar-refractivity contribution is 5.89. The van der Waals surface area contributed by atoms with Crippen molar-refractivity contribution < 1.29 is 9.53 Å². The Bertz CT molecular complexity index is 818. The first kappa shape index (κ1) is 15.5. The quantitative estimate of drug-likeness (QED) is 0.748. The second-order valence-electron chi connectivity index (χ2n) is 4.88. The number of hydrogen-bond acceptors (Lipinski definition) is 5. The van der Waals surface area contributed by atoms with Crippen molar-refractivity contribution in [3.63, 3.8) is 0 Å². The molecule has 2 aromatic carbocycles. The van der Waals surface area contributed by atoms with E-state index in [0.717, 1.165) is 5.69 Å². The Morgan fingerprint density at radius 1 is 1.17 bits per heavy atom. The number of aromatic nitrogens is 4. The zero-order chi connectivity index (χ0) is 16.8. The highest BCUT2D eigenvalue weighted by Gasteiger charge is 2.10. The Balaban J connectivity index is 1.62. The standard InChI is InChI=1S/C16H16N6O2/c1-24-14-9-5-6-12(10-14)18-16(23)17-11-15-19-20-21-22(15)13-7-3-2-4-8-13/h2-10H,11H2,1H3,(H2,17,18,23). The Morgan fingerprint density at radius 2 is 2.00 bits per heavy atom. The van der Waals surface area contributed by atoms with Crippen LogP contribution >= 0.6 is 0 Å². The molecule has 24 heavy (non-hydrogen) atoms. The van der Waals surface area contributed by atoms with Crippen molar-refractivity contribution in [2.24, 2.45) is 0 Å². The molecular weight excluding hydrogens is 308 g/mol. The van der Waals surface area contributed by atoms with Crippen LogP contribution in [-0.4, -0.2) is 33.3 Å². The minimum absolute atomic E-state index is 0.192. The average molecular weight is 324 g/mol. The molecule has 2 N–H and O–H groups in total. The van der Waals surface area contributed by atoms with Crippen LogP contribution in [-0.2, 0) is 6.54 Å². The number of para-hydroxylation sites is 1. The number of carbonyl (C=O) groups excluding carboxylic acids is 1. The summed E-state index contributed by atoms with van der Waals surface area (Å²) in [4.78, 5) is 12.0. The normalized spacial score (nSPS) is 10.2. The number of nitrogens with zero attached hydrogens (tertiary/aromatic N) is 4. The SMILES string of the molecule is COc1cccc(NC(=O)NCc2nnnn2-c2ccccc2)c1. The molecule has 0 aliphatic heterocycles. The lowest BCUT2D eigenvalue weighted by Gasteiger charge is -2.09. The van der Waals surface area contributed by atoms with Gasteiger partial charge < -0.3 is 15.4 Å². The minimum Gasteiger partial charge on any atom is -0.497 e. The molecule has 0 spiro atoms. The van der Waals surface area contributed by atoms with Crippen molar-refractivity contribution in [2.45, 2.75) is 6.54 Å². The van der Waals surface area contributed by atoms with E-state index in [1.807, 2.05) is 30.3 Å². The first-order valence-corrected chi connectivity index (χ1v) is 7.28. The van der Waals surface area contributed by atoms with E-state index >= 15 is 0 Å². The molecule has 1 heterocycles. The summed E-state index contributed by atoms with van der Waals surface area (Å²) < 4.78 is 6.69. The number of amides is 2. The molecule has 0 unspecified atom stereocenters. The number of anilines is 1. The van der Waals surface area contributed by atoms with Gasteiger partial charge in [-0.05, 0) is 34.7 Å². The summed E-state index contributed by atoms with van der Waals surface area (Å²) in [6, 6.07) is 16.2. The molecule has 0 aliphatic rings. The number of tetrazole rings is 1. The average Bonchev–Trinajstić information content (AvgIpc) is 3.09. The largest absolute Gasteiger partial charge is 0.497 e. The van der Waals surface area contributed by atoms with Gasteiger partial charge in [0, 0.05) is 11.8 Å². The van der Waals surface area contributed by atoms with Gasteiger partial charge in [-0.3, -0.25) is 0 Å². The molecule has 0 fully saturated rings. The van der Waals surface area contributed by atoms with Gasteiger partial charge in [0.15, 0.2) is 5.82 Å². The van der Waals surface area contributed by atoms with Crippen molar-refractivity contribution in [3.05, 3.63) is 60.4 Å². The fraction of sp³-hybridized carbons (Fsp3) is 0.125. The molecule has 3 rings (SSSR count). The van der Waals surface area contributed by atoms with Gasteiger partial charge in [0.05, 0.1) is 19.3 Å². The van der Waals surface area contributed by atoms with Crippen LogP contribution < -0.4 is 15.4 Å². The lowest BCUT2D eigenvalue weighted by molar-refractivity contribution is 0.251. The van der Waals surface area contributed by atoms with E-state index in [1.54, 1.807) is 36.1 Å². The van der Waals surface area contributed by atoms with Gasteiger partial charge in [-0.1, -0.05) is 24.3 Å². The molecule has 0 saturated carbocycles. The predicted molar refractivity (Wildman–Crippen MR) is 88.0 cm³/mol. The van der Waals surface area contributed by atoms with Crippen LogP contribution in [0.1, 0.15) is 5.82 Å². The van der Waals surface area contributed by atoms with Gasteiger partial charge in [-0.2, -0.15) is 4.68 Å². The van der Waals surface area contributed by atoms with E-state index < -0.39 is 0 Å². The molecule has 0 bridgehead atoms. The number of rotatable bonds is 5. The van der Waals surface area contributed by atoms with Crippen molar-refractivity contribution >= 4 is 11.7 Å². The van der Waals surface area contributed by atoms with Crippen LogP contribution in [0.15, 0.2) is 54.6 Å². The monoisotopic (exact) mass is 324 g/mol. The third-order valence-electron chi connectivity index (χ3n) is 3.27. The predicted octanol–water partition coefficient (Wildman–Crippen LogP) is 1.99. The number of nitrogens with one attached hydrogen (secondary N) is 2. The lowest BCUT2D eigenvalue weighted by atomic mass is 10.3. The first-order chi connectivity index (χ1) is 11.8. The van der Waals surface area contributed by atoms with Gasteiger partial charge in [-0.25, -0.2) is 4.79 Å². The Labute approximate surface area is 138 Å². The second-order valence-corrected chi connectivity index (χ2v) is 4.88. The second kappa shape index (κ2) is 7.23. The Hall–Kier alpha value is -3.42. The van der Waals surface area contributed by atoms with E-state index in [-0.39, 0.29) is 12.6 Å². The lowest BCUT2D eigenvalue weighted by Crippen LogP contribution is -2.29. The number of carbonyl (C=O) groups is 1. The third kappa shape index (κ3) is 3.67.